The number of nitrogens with zero attached hydrogens (tertiary/aromatic N) is 4. The molecule has 0 unspecified atom stereocenters. The van der Waals surface area contributed by atoms with Crippen LogP contribution >= 0.6 is 11.8 Å². The first kappa shape index (κ1) is 18.6. The monoisotopic (exact) mass is 383 g/mol. The van der Waals surface area contributed by atoms with Gasteiger partial charge in [0, 0.05) is 11.3 Å². The lowest BCUT2D eigenvalue weighted by atomic mass is 10.1. The minimum absolute atomic E-state index is 0.0217. The summed E-state index contributed by atoms with van der Waals surface area (Å²) in [5.74, 6) is 0.530. The number of carbonyl (C=O) groups excluding carboxylic acids is 2. The maximum Gasteiger partial charge on any atom is 0.234 e. The number of aromatic nitrogens is 4. The lowest BCUT2D eigenvalue weighted by Gasteiger charge is -2.09. The lowest BCUT2D eigenvalue weighted by Crippen LogP contribution is -2.14. The molecular formula is C18H17N5O3S. The Balaban J connectivity index is 1.65. The highest BCUT2D eigenvalue weighted by Crippen LogP contribution is 2.25. The Hall–Kier alpha value is -3.20. The van der Waals surface area contributed by atoms with Crippen molar-refractivity contribution in [1.29, 1.82) is 0 Å². The van der Waals surface area contributed by atoms with E-state index in [2.05, 4.69) is 20.8 Å². The summed E-state index contributed by atoms with van der Waals surface area (Å²) >= 11 is 1.21. The zero-order valence-electron chi connectivity index (χ0n) is 14.7. The molecule has 0 spiro atoms. The van der Waals surface area contributed by atoms with Crippen molar-refractivity contribution in [2.75, 3.05) is 18.2 Å². The number of nitrogens with one attached hydrogen (secondary N) is 1. The minimum Gasteiger partial charge on any atom is -0.494 e. The molecule has 3 rings (SSSR count). The quantitative estimate of drug-likeness (QED) is 0.494. The van der Waals surface area contributed by atoms with Crippen LogP contribution in [0.3, 0.4) is 0 Å². The molecule has 3 aromatic rings. The van der Waals surface area contributed by atoms with Gasteiger partial charge in [-0.1, -0.05) is 23.9 Å². The van der Waals surface area contributed by atoms with E-state index in [9.17, 15) is 9.59 Å². The number of thioether (sulfide) groups is 1. The normalized spacial score (nSPS) is 10.4. The summed E-state index contributed by atoms with van der Waals surface area (Å²) in [6.07, 6.45) is 0. The van der Waals surface area contributed by atoms with Gasteiger partial charge in [-0.3, -0.25) is 9.59 Å². The molecule has 1 aromatic heterocycles. The zero-order valence-corrected chi connectivity index (χ0v) is 15.6. The number of Topliss-reactive ketones (excluding diaryl/α,β-unsaturated/α-hetero) is 1. The number of ether oxygens (including phenoxy) is 1. The molecule has 0 saturated carbocycles. The van der Waals surface area contributed by atoms with Gasteiger partial charge in [0.2, 0.25) is 11.1 Å². The van der Waals surface area contributed by atoms with E-state index >= 15 is 0 Å². The maximum absolute atomic E-state index is 12.2. The van der Waals surface area contributed by atoms with Crippen LogP contribution in [0.2, 0.25) is 0 Å². The summed E-state index contributed by atoms with van der Waals surface area (Å²) in [5.41, 5.74) is 1.90. The zero-order chi connectivity index (χ0) is 19.2. The van der Waals surface area contributed by atoms with E-state index in [1.807, 2.05) is 24.3 Å². The maximum atomic E-state index is 12.2. The fourth-order valence-corrected chi connectivity index (χ4v) is 3.02. The molecule has 1 amide bonds. The van der Waals surface area contributed by atoms with Crippen LogP contribution in [-0.4, -0.2) is 44.8 Å². The Morgan fingerprint density at radius 1 is 1.15 bits per heavy atom. The van der Waals surface area contributed by atoms with Crippen LogP contribution < -0.4 is 10.1 Å². The number of tetrazole rings is 1. The van der Waals surface area contributed by atoms with Crippen LogP contribution in [0.5, 0.6) is 5.75 Å². The third kappa shape index (κ3) is 4.50. The van der Waals surface area contributed by atoms with Crippen LogP contribution in [0.25, 0.3) is 5.69 Å². The smallest absolute Gasteiger partial charge is 0.234 e. The molecule has 1 heterocycles. The van der Waals surface area contributed by atoms with E-state index in [-0.39, 0.29) is 17.4 Å². The Morgan fingerprint density at radius 2 is 1.89 bits per heavy atom. The van der Waals surface area contributed by atoms with Crippen molar-refractivity contribution in [1.82, 2.24) is 20.2 Å². The van der Waals surface area contributed by atoms with Gasteiger partial charge in [0.1, 0.15) is 11.4 Å². The Labute approximate surface area is 159 Å². The van der Waals surface area contributed by atoms with Crippen molar-refractivity contribution in [3.8, 4) is 11.4 Å². The summed E-state index contributed by atoms with van der Waals surface area (Å²) in [7, 11) is 1.57. The molecule has 0 aliphatic carbocycles. The number of carbonyl (C=O) groups is 2. The average Bonchev–Trinajstić information content (AvgIpc) is 3.15. The third-order valence-electron chi connectivity index (χ3n) is 3.66. The van der Waals surface area contributed by atoms with Crippen LogP contribution in [0.4, 0.5) is 5.69 Å². The van der Waals surface area contributed by atoms with Crippen LogP contribution in [0, 0.1) is 0 Å². The first-order chi connectivity index (χ1) is 13.1. The standard InChI is InChI=1S/C18H17N5O3S/c1-12(24)13-7-9-14(10-8-13)19-17(25)11-27-18-20-21-22-23(18)15-5-3-4-6-16(15)26-2/h3-10H,11H2,1-2H3,(H,19,25). The summed E-state index contributed by atoms with van der Waals surface area (Å²) in [6.45, 7) is 1.50. The molecule has 138 valence electrons. The largest absolute Gasteiger partial charge is 0.494 e. The van der Waals surface area contributed by atoms with E-state index in [1.54, 1.807) is 31.4 Å². The predicted octanol–water partition coefficient (Wildman–Crippen LogP) is 2.60. The average molecular weight is 383 g/mol. The van der Waals surface area contributed by atoms with Crippen molar-refractivity contribution >= 4 is 29.1 Å². The number of benzene rings is 2. The van der Waals surface area contributed by atoms with Crippen molar-refractivity contribution in [3.63, 3.8) is 0 Å². The van der Waals surface area contributed by atoms with Crippen LogP contribution in [-0.2, 0) is 4.79 Å². The topological polar surface area (TPSA) is 99.0 Å². The van der Waals surface area contributed by atoms with Crippen LogP contribution in [0.1, 0.15) is 17.3 Å². The second-order valence-electron chi connectivity index (χ2n) is 5.52. The van der Waals surface area contributed by atoms with Gasteiger partial charge in [-0.05, 0) is 53.7 Å². The van der Waals surface area contributed by atoms with Crippen LogP contribution in [0.15, 0.2) is 53.7 Å². The van der Waals surface area contributed by atoms with E-state index in [4.69, 9.17) is 4.74 Å². The molecule has 0 bridgehead atoms. The van der Waals surface area contributed by atoms with Gasteiger partial charge < -0.3 is 10.1 Å². The summed E-state index contributed by atoms with van der Waals surface area (Å²) < 4.78 is 6.85. The van der Waals surface area contributed by atoms with Gasteiger partial charge in [-0.2, -0.15) is 4.68 Å². The number of rotatable bonds is 7. The second-order valence-corrected chi connectivity index (χ2v) is 6.46. The molecule has 0 fully saturated rings. The Bertz CT molecular complexity index is 956. The molecule has 1 N–H and O–H groups in total. The van der Waals surface area contributed by atoms with Gasteiger partial charge in [0.15, 0.2) is 5.78 Å². The Kier molecular flexibility index (Phi) is 5.82. The number of para-hydroxylation sites is 2. The molecule has 9 heteroatoms. The van der Waals surface area contributed by atoms with Crippen molar-refractivity contribution in [2.45, 2.75) is 12.1 Å². The fraction of sp³-hybridized carbons (Fsp3) is 0.167. The van der Waals surface area contributed by atoms with Crippen molar-refractivity contribution in [2.24, 2.45) is 0 Å². The first-order valence-corrected chi connectivity index (χ1v) is 9.02. The van der Waals surface area contributed by atoms with Gasteiger partial charge in [-0.15, -0.1) is 5.10 Å². The number of amides is 1. The van der Waals surface area contributed by atoms with Gasteiger partial charge in [-0.25, -0.2) is 0 Å². The molecule has 0 saturated heterocycles. The van der Waals surface area contributed by atoms with E-state index in [0.717, 1.165) is 0 Å². The highest BCUT2D eigenvalue weighted by Gasteiger charge is 2.14. The van der Waals surface area contributed by atoms with Crippen molar-refractivity contribution < 1.29 is 14.3 Å². The molecule has 2 aromatic carbocycles. The predicted molar refractivity (Wildman–Crippen MR) is 102 cm³/mol. The molecular weight excluding hydrogens is 366 g/mol. The second kappa shape index (κ2) is 8.45. The number of anilines is 1. The SMILES string of the molecule is COc1ccccc1-n1nnnc1SCC(=O)Nc1ccc(C(C)=O)cc1. The van der Waals surface area contributed by atoms with E-state index in [0.29, 0.717) is 27.8 Å². The molecule has 0 radical (unpaired) electrons. The van der Waals surface area contributed by atoms with Gasteiger partial charge >= 0.3 is 0 Å². The highest BCUT2D eigenvalue weighted by atomic mass is 32.2. The third-order valence-corrected chi connectivity index (χ3v) is 4.58. The highest BCUT2D eigenvalue weighted by molar-refractivity contribution is 7.99. The minimum atomic E-state index is -0.204. The van der Waals surface area contributed by atoms with E-state index in [1.165, 1.54) is 23.4 Å². The number of hydrogen-bond acceptors (Lipinski definition) is 7. The number of hydrogen-bond donors (Lipinski definition) is 1. The lowest BCUT2D eigenvalue weighted by molar-refractivity contribution is -0.113. The van der Waals surface area contributed by atoms with E-state index < -0.39 is 0 Å². The molecule has 0 atom stereocenters. The van der Waals surface area contributed by atoms with Gasteiger partial charge in [0.25, 0.3) is 0 Å². The molecule has 27 heavy (non-hydrogen) atoms. The number of ketones is 1. The first-order valence-electron chi connectivity index (χ1n) is 8.04. The van der Waals surface area contributed by atoms with Gasteiger partial charge in [0.05, 0.1) is 12.9 Å². The van der Waals surface area contributed by atoms with Crippen molar-refractivity contribution in [3.05, 3.63) is 54.1 Å². The number of methoxy groups -OCH3 is 1. The Morgan fingerprint density at radius 3 is 2.59 bits per heavy atom. The molecule has 0 aliphatic heterocycles. The fourth-order valence-electron chi connectivity index (χ4n) is 2.34. The summed E-state index contributed by atoms with van der Waals surface area (Å²) in [6, 6.07) is 14.1. The molecule has 0 aliphatic rings. The summed E-state index contributed by atoms with van der Waals surface area (Å²) in [5, 5.41) is 14.9. The summed E-state index contributed by atoms with van der Waals surface area (Å²) in [4.78, 5) is 23.5. The molecule has 8 nitrogen and oxygen atoms in total.